The van der Waals surface area contributed by atoms with Crippen LogP contribution in [0.25, 0.3) is 10.9 Å². The Kier molecular flexibility index (Phi) is 9.57. The first-order chi connectivity index (χ1) is 22.0. The van der Waals surface area contributed by atoms with Gasteiger partial charge in [0.1, 0.15) is 0 Å². The van der Waals surface area contributed by atoms with E-state index in [1.54, 1.807) is 12.3 Å². The number of hydrogen-bond acceptors (Lipinski definition) is 7. The van der Waals surface area contributed by atoms with Crippen LogP contribution in [-0.4, -0.2) is 64.2 Å². The van der Waals surface area contributed by atoms with Gasteiger partial charge in [-0.3, -0.25) is 0 Å². The summed E-state index contributed by atoms with van der Waals surface area (Å²) in [5.41, 5.74) is 3.68. The fraction of sp³-hybridized carbons (Fsp3) is 0.303. The number of piperidine rings is 1. The Morgan fingerprint density at radius 1 is 1.07 bits per heavy atom. The number of nitriles is 1. The van der Waals surface area contributed by atoms with Crippen LogP contribution in [0.4, 0.5) is 15.8 Å². The van der Waals surface area contributed by atoms with Crippen molar-refractivity contribution in [3.63, 3.8) is 0 Å². The van der Waals surface area contributed by atoms with E-state index in [0.29, 0.717) is 38.0 Å². The van der Waals surface area contributed by atoms with Crippen LogP contribution in [0.1, 0.15) is 61.2 Å². The molecule has 5 aromatic rings. The van der Waals surface area contributed by atoms with Gasteiger partial charge >= 0.3 is 290 Å². The second-order valence-corrected chi connectivity index (χ2v) is 16.0. The van der Waals surface area contributed by atoms with Crippen molar-refractivity contribution in [3.8, 4) is 6.07 Å². The van der Waals surface area contributed by atoms with Crippen molar-refractivity contribution >= 4 is 77.2 Å². The molecule has 13 heteroatoms. The molecule has 1 N–H and O–H groups in total. The fourth-order valence-corrected chi connectivity index (χ4v) is 9.44. The molecular formula is C33H30AsCl3FN8. The number of aromatic nitrogens is 5. The van der Waals surface area contributed by atoms with Crippen molar-refractivity contribution in [2.24, 2.45) is 0 Å². The number of anilines is 2. The van der Waals surface area contributed by atoms with Gasteiger partial charge < -0.3 is 0 Å². The van der Waals surface area contributed by atoms with Gasteiger partial charge in [-0.15, -0.1) is 0 Å². The third kappa shape index (κ3) is 6.88. The van der Waals surface area contributed by atoms with Crippen LogP contribution in [-0.2, 0) is 0 Å². The van der Waals surface area contributed by atoms with Crippen LogP contribution in [0.2, 0.25) is 15.2 Å². The summed E-state index contributed by atoms with van der Waals surface area (Å²) in [5.74, 6) is -0.533. The summed E-state index contributed by atoms with van der Waals surface area (Å²) in [6.45, 7) is 8.75. The Morgan fingerprint density at radius 3 is 2.54 bits per heavy atom. The van der Waals surface area contributed by atoms with Crippen molar-refractivity contribution in [1.29, 1.82) is 5.26 Å². The second-order valence-electron chi connectivity index (χ2n) is 12.2. The number of nitrogens with zero attached hydrogens (tertiary/aromatic N) is 7. The molecule has 1 aliphatic heterocycles. The standard InChI is InChI=1S/C33H30AsCl3FN8/c1-33(2,3)45-11-8-22(9-12-45)46-18-28(43-44-46)29(23-5-4-10-40-32(23)37)34-20-13-24-30(42-21-6-7-27(38)25(35)15-21)19(16-39)17-41-31(24)26(36)14-20/h4-7,10,13-15,17-18,22,29H,8-9,11-12H2,1-3H3,(H,41,42)/t29-/m0/s1. The van der Waals surface area contributed by atoms with Gasteiger partial charge in [0.2, 0.25) is 0 Å². The van der Waals surface area contributed by atoms with Crippen LogP contribution in [0.5, 0.6) is 0 Å². The summed E-state index contributed by atoms with van der Waals surface area (Å²) in [5, 5.41) is 23.9. The molecular weight excluding hydrogens is 709 g/mol. The number of benzene rings is 2. The Bertz CT molecular complexity index is 1950. The normalized spacial score (nSPS) is 15.4. The topological polar surface area (TPSA) is 95.6 Å². The molecule has 235 valence electrons. The summed E-state index contributed by atoms with van der Waals surface area (Å²) in [7, 11) is 0. The molecule has 46 heavy (non-hydrogen) atoms. The molecule has 1 fully saturated rings. The molecule has 0 unspecified atom stereocenters. The molecule has 1 atom stereocenters. The molecule has 8 nitrogen and oxygen atoms in total. The van der Waals surface area contributed by atoms with Crippen molar-refractivity contribution in [3.05, 3.63) is 98.9 Å². The van der Waals surface area contributed by atoms with Gasteiger partial charge in [-0.25, -0.2) is 0 Å². The molecule has 0 saturated carbocycles. The third-order valence-electron chi connectivity index (χ3n) is 8.18. The summed E-state index contributed by atoms with van der Waals surface area (Å²) in [6.07, 6.45) is 7.17. The zero-order chi connectivity index (χ0) is 32.6. The average molecular weight is 739 g/mol. The van der Waals surface area contributed by atoms with Gasteiger partial charge in [-0.2, -0.15) is 0 Å². The van der Waals surface area contributed by atoms with Gasteiger partial charge in [0.15, 0.2) is 0 Å². The average Bonchev–Trinajstić information content (AvgIpc) is 3.52. The van der Waals surface area contributed by atoms with E-state index in [-0.39, 0.29) is 21.3 Å². The Labute approximate surface area is 288 Å². The van der Waals surface area contributed by atoms with Crippen molar-refractivity contribution in [1.82, 2.24) is 29.9 Å². The first kappa shape index (κ1) is 32.7. The van der Waals surface area contributed by atoms with E-state index < -0.39 is 21.6 Å². The molecule has 1 radical (unpaired) electrons. The molecule has 6 rings (SSSR count). The van der Waals surface area contributed by atoms with E-state index in [0.717, 1.165) is 41.5 Å². The van der Waals surface area contributed by atoms with E-state index in [2.05, 4.69) is 57.3 Å². The maximum absolute atomic E-state index is 13.9. The van der Waals surface area contributed by atoms with Gasteiger partial charge in [0.05, 0.1) is 0 Å². The summed E-state index contributed by atoms with van der Waals surface area (Å²) in [4.78, 5) is 11.3. The van der Waals surface area contributed by atoms with Crippen molar-refractivity contribution in [2.75, 3.05) is 18.4 Å². The third-order valence-corrected chi connectivity index (χ3v) is 11.9. The van der Waals surface area contributed by atoms with Gasteiger partial charge in [0, 0.05) is 0 Å². The summed E-state index contributed by atoms with van der Waals surface area (Å²) < 4.78 is 16.6. The van der Waals surface area contributed by atoms with E-state index >= 15 is 0 Å². The maximum atomic E-state index is 13.9. The molecule has 0 aliphatic carbocycles. The number of hydrogen-bond donors (Lipinski definition) is 1. The Balaban J connectivity index is 1.37. The van der Waals surface area contributed by atoms with Crippen LogP contribution < -0.4 is 9.67 Å². The van der Waals surface area contributed by atoms with Gasteiger partial charge in [0.25, 0.3) is 0 Å². The van der Waals surface area contributed by atoms with E-state index in [9.17, 15) is 9.65 Å². The SMILES string of the molecule is CC(C)(C)N1CCC(n2cc([C@@H]([As]c3cc(Cl)c4ncc(C#N)c(Nc5ccc(F)c(Cl)c5)c4c3)c3cccnc3Cl)nn2)CC1. The zero-order valence-corrected chi connectivity index (χ0v) is 29.5. The van der Waals surface area contributed by atoms with Crippen LogP contribution in [0.3, 0.4) is 0 Å². The van der Waals surface area contributed by atoms with E-state index in [1.807, 2.05) is 35.1 Å². The molecule has 0 bridgehead atoms. The zero-order valence-electron chi connectivity index (χ0n) is 25.3. The first-order valence-electron chi connectivity index (χ1n) is 14.7. The fourth-order valence-electron chi connectivity index (χ4n) is 5.70. The van der Waals surface area contributed by atoms with Gasteiger partial charge in [-0.05, 0) is 0 Å². The van der Waals surface area contributed by atoms with Crippen LogP contribution >= 0.6 is 34.8 Å². The number of fused-ring (bicyclic) bond motifs is 1. The quantitative estimate of drug-likeness (QED) is 0.137. The predicted molar refractivity (Wildman–Crippen MR) is 182 cm³/mol. The van der Waals surface area contributed by atoms with Crippen molar-refractivity contribution < 1.29 is 4.39 Å². The van der Waals surface area contributed by atoms with E-state index in [4.69, 9.17) is 34.8 Å². The minimum atomic E-state index is -0.674. The number of pyridine rings is 2. The molecule has 2 aromatic carbocycles. The second kappa shape index (κ2) is 13.5. The molecule has 1 aliphatic rings. The number of halogens is 4. The number of rotatable bonds is 7. The molecule has 1 saturated heterocycles. The molecule has 4 heterocycles. The first-order valence-corrected chi connectivity index (χ1v) is 17.9. The van der Waals surface area contributed by atoms with E-state index in [1.165, 1.54) is 18.3 Å². The molecule has 0 spiro atoms. The predicted octanol–water partition coefficient (Wildman–Crippen LogP) is 7.49. The number of likely N-dealkylation sites (tertiary alicyclic amines) is 1. The Morgan fingerprint density at radius 2 is 1.85 bits per heavy atom. The minimum absolute atomic E-state index is 0.0328. The summed E-state index contributed by atoms with van der Waals surface area (Å²) >= 11 is 18.9. The molecule has 3 aromatic heterocycles. The Hall–Kier alpha value is -3.25. The number of nitrogens with one attached hydrogen (secondary N) is 1. The van der Waals surface area contributed by atoms with Crippen molar-refractivity contribution in [2.45, 2.75) is 49.9 Å². The monoisotopic (exact) mass is 737 g/mol. The van der Waals surface area contributed by atoms with Crippen LogP contribution in [0.15, 0.2) is 61.1 Å². The van der Waals surface area contributed by atoms with Gasteiger partial charge in [-0.1, -0.05) is 0 Å². The molecule has 0 amide bonds. The van der Waals surface area contributed by atoms with Crippen LogP contribution in [0, 0.1) is 17.1 Å². The summed E-state index contributed by atoms with van der Waals surface area (Å²) in [6, 6.07) is 14.5.